The highest BCUT2D eigenvalue weighted by molar-refractivity contribution is 5.71. The molecule has 0 radical (unpaired) electrons. The summed E-state index contributed by atoms with van der Waals surface area (Å²) in [5.74, 6) is -0.691. The van der Waals surface area contributed by atoms with E-state index in [-0.39, 0.29) is 6.04 Å². The molecular formula is C16H25NO2. The fourth-order valence-electron chi connectivity index (χ4n) is 2.48. The predicted octanol–water partition coefficient (Wildman–Crippen LogP) is 3.49. The van der Waals surface area contributed by atoms with Crippen molar-refractivity contribution in [1.82, 2.24) is 5.32 Å². The molecular weight excluding hydrogens is 238 g/mol. The van der Waals surface area contributed by atoms with Gasteiger partial charge in [0.05, 0.1) is 5.92 Å². The molecule has 1 rings (SSSR count). The standard InChI is InChI=1S/C16H25NO2/c1-6-13(16(18)19)15(17-5)14-9-12(10(2)3)8-7-11(14)4/h7-10,13,15,17H,6H2,1-5H3,(H,18,19). The molecule has 19 heavy (non-hydrogen) atoms. The van der Waals surface area contributed by atoms with Gasteiger partial charge in [-0.2, -0.15) is 0 Å². The molecule has 0 aliphatic carbocycles. The fourth-order valence-corrected chi connectivity index (χ4v) is 2.48. The van der Waals surface area contributed by atoms with Crippen molar-refractivity contribution in [2.45, 2.75) is 46.1 Å². The van der Waals surface area contributed by atoms with Gasteiger partial charge in [0.15, 0.2) is 0 Å². The van der Waals surface area contributed by atoms with E-state index in [1.54, 1.807) is 0 Å². The highest BCUT2D eigenvalue weighted by Crippen LogP contribution is 2.29. The van der Waals surface area contributed by atoms with Crippen LogP contribution >= 0.6 is 0 Å². The molecule has 0 aliphatic rings. The largest absolute Gasteiger partial charge is 0.481 e. The molecule has 0 saturated carbocycles. The van der Waals surface area contributed by atoms with Crippen LogP contribution in [0.25, 0.3) is 0 Å². The summed E-state index contributed by atoms with van der Waals surface area (Å²) in [7, 11) is 1.83. The summed E-state index contributed by atoms with van der Waals surface area (Å²) < 4.78 is 0. The molecule has 0 heterocycles. The highest BCUT2D eigenvalue weighted by Gasteiger charge is 2.27. The van der Waals surface area contributed by atoms with Crippen molar-refractivity contribution in [1.29, 1.82) is 0 Å². The first-order valence-electron chi connectivity index (χ1n) is 6.92. The summed E-state index contributed by atoms with van der Waals surface area (Å²) in [4.78, 5) is 11.4. The van der Waals surface area contributed by atoms with Gasteiger partial charge in [0.1, 0.15) is 0 Å². The van der Waals surface area contributed by atoms with Gasteiger partial charge >= 0.3 is 5.97 Å². The average Bonchev–Trinajstić information content (AvgIpc) is 2.36. The van der Waals surface area contributed by atoms with E-state index < -0.39 is 11.9 Å². The molecule has 3 nitrogen and oxygen atoms in total. The number of carboxylic acid groups (broad SMARTS) is 1. The summed E-state index contributed by atoms with van der Waals surface area (Å²) in [5, 5.41) is 12.5. The molecule has 2 N–H and O–H groups in total. The molecule has 0 bridgehead atoms. The van der Waals surface area contributed by atoms with E-state index in [1.165, 1.54) is 5.56 Å². The summed E-state index contributed by atoms with van der Waals surface area (Å²) in [6.45, 7) is 8.26. The molecule has 0 saturated heterocycles. The first-order chi connectivity index (χ1) is 8.92. The van der Waals surface area contributed by atoms with Crippen molar-refractivity contribution >= 4 is 5.97 Å². The molecule has 2 unspecified atom stereocenters. The number of rotatable bonds is 6. The quantitative estimate of drug-likeness (QED) is 0.826. The van der Waals surface area contributed by atoms with E-state index in [2.05, 4.69) is 37.4 Å². The molecule has 0 fully saturated rings. The second-order valence-electron chi connectivity index (χ2n) is 5.39. The topological polar surface area (TPSA) is 49.3 Å². The van der Waals surface area contributed by atoms with Crippen LogP contribution in [0.5, 0.6) is 0 Å². The van der Waals surface area contributed by atoms with Crippen molar-refractivity contribution in [2.75, 3.05) is 7.05 Å². The molecule has 0 aromatic heterocycles. The van der Waals surface area contributed by atoms with Gasteiger partial charge in [-0.1, -0.05) is 39.0 Å². The Morgan fingerprint density at radius 3 is 2.42 bits per heavy atom. The molecule has 0 spiro atoms. The Balaban J connectivity index is 3.23. The van der Waals surface area contributed by atoms with Crippen molar-refractivity contribution in [3.05, 3.63) is 34.9 Å². The lowest BCUT2D eigenvalue weighted by Crippen LogP contribution is -2.31. The highest BCUT2D eigenvalue weighted by atomic mass is 16.4. The van der Waals surface area contributed by atoms with Crippen LogP contribution in [0.1, 0.15) is 55.8 Å². The van der Waals surface area contributed by atoms with E-state index in [0.29, 0.717) is 12.3 Å². The van der Waals surface area contributed by atoms with Crippen LogP contribution in [-0.4, -0.2) is 18.1 Å². The van der Waals surface area contributed by atoms with Crippen LogP contribution in [0, 0.1) is 12.8 Å². The molecule has 106 valence electrons. The van der Waals surface area contributed by atoms with Crippen molar-refractivity contribution in [2.24, 2.45) is 5.92 Å². The number of carbonyl (C=O) groups is 1. The zero-order valence-electron chi connectivity index (χ0n) is 12.5. The van der Waals surface area contributed by atoms with E-state index >= 15 is 0 Å². The Morgan fingerprint density at radius 1 is 1.37 bits per heavy atom. The molecule has 0 amide bonds. The van der Waals surface area contributed by atoms with Gasteiger partial charge < -0.3 is 10.4 Å². The van der Waals surface area contributed by atoms with Crippen LogP contribution in [0.3, 0.4) is 0 Å². The lowest BCUT2D eigenvalue weighted by atomic mass is 9.86. The fraction of sp³-hybridized carbons (Fsp3) is 0.562. The van der Waals surface area contributed by atoms with Crippen LogP contribution < -0.4 is 5.32 Å². The molecule has 0 aliphatic heterocycles. The summed E-state index contributed by atoms with van der Waals surface area (Å²) in [6.07, 6.45) is 0.617. The van der Waals surface area contributed by atoms with Gasteiger partial charge in [0.2, 0.25) is 0 Å². The number of aryl methyl sites for hydroxylation is 1. The summed E-state index contributed by atoms with van der Waals surface area (Å²) >= 11 is 0. The Labute approximate surface area is 116 Å². The second-order valence-corrected chi connectivity index (χ2v) is 5.39. The smallest absolute Gasteiger partial charge is 0.308 e. The van der Waals surface area contributed by atoms with Crippen molar-refractivity contribution < 1.29 is 9.90 Å². The lowest BCUT2D eigenvalue weighted by Gasteiger charge is -2.25. The zero-order chi connectivity index (χ0) is 14.6. The molecule has 1 aromatic rings. The monoisotopic (exact) mass is 263 g/mol. The maximum Gasteiger partial charge on any atom is 0.308 e. The minimum Gasteiger partial charge on any atom is -0.481 e. The number of nitrogens with one attached hydrogen (secondary N) is 1. The maximum atomic E-state index is 11.4. The van der Waals surface area contributed by atoms with Crippen molar-refractivity contribution in [3.8, 4) is 0 Å². The Kier molecular flexibility index (Phi) is 5.55. The minimum atomic E-state index is -0.740. The van der Waals surface area contributed by atoms with Crippen LogP contribution in [-0.2, 0) is 4.79 Å². The molecule has 2 atom stereocenters. The van der Waals surface area contributed by atoms with E-state index in [4.69, 9.17) is 0 Å². The Hall–Kier alpha value is -1.35. The number of hydrogen-bond acceptors (Lipinski definition) is 2. The first kappa shape index (κ1) is 15.7. The third-order valence-electron chi connectivity index (χ3n) is 3.78. The van der Waals surface area contributed by atoms with Gasteiger partial charge in [0.25, 0.3) is 0 Å². The van der Waals surface area contributed by atoms with E-state index in [0.717, 1.165) is 11.1 Å². The third-order valence-corrected chi connectivity index (χ3v) is 3.78. The second kappa shape index (κ2) is 6.71. The average molecular weight is 263 g/mol. The molecule has 3 heteroatoms. The Bertz CT molecular complexity index is 440. The number of aliphatic carboxylic acids is 1. The predicted molar refractivity (Wildman–Crippen MR) is 78.5 cm³/mol. The zero-order valence-corrected chi connectivity index (χ0v) is 12.5. The van der Waals surface area contributed by atoms with Crippen LogP contribution in [0.2, 0.25) is 0 Å². The van der Waals surface area contributed by atoms with Gasteiger partial charge in [0, 0.05) is 6.04 Å². The van der Waals surface area contributed by atoms with E-state index in [9.17, 15) is 9.90 Å². The Morgan fingerprint density at radius 2 is 2.00 bits per heavy atom. The SMILES string of the molecule is CCC(C(=O)O)C(NC)c1cc(C(C)C)ccc1C. The lowest BCUT2D eigenvalue weighted by molar-refractivity contribution is -0.143. The summed E-state index contributed by atoms with van der Waals surface area (Å²) in [6, 6.07) is 6.22. The summed E-state index contributed by atoms with van der Waals surface area (Å²) in [5.41, 5.74) is 3.49. The van der Waals surface area contributed by atoms with E-state index in [1.807, 2.05) is 20.9 Å². The van der Waals surface area contributed by atoms with Crippen LogP contribution in [0.15, 0.2) is 18.2 Å². The maximum absolute atomic E-state index is 11.4. The van der Waals surface area contributed by atoms with Gasteiger partial charge in [-0.3, -0.25) is 4.79 Å². The number of hydrogen-bond donors (Lipinski definition) is 2. The van der Waals surface area contributed by atoms with Crippen molar-refractivity contribution in [3.63, 3.8) is 0 Å². The minimum absolute atomic E-state index is 0.138. The number of benzene rings is 1. The molecule has 1 aromatic carbocycles. The van der Waals surface area contributed by atoms with Gasteiger partial charge in [-0.15, -0.1) is 0 Å². The van der Waals surface area contributed by atoms with Gasteiger partial charge in [-0.25, -0.2) is 0 Å². The normalized spacial score (nSPS) is 14.4. The number of carboxylic acids is 1. The van der Waals surface area contributed by atoms with Crippen LogP contribution in [0.4, 0.5) is 0 Å². The van der Waals surface area contributed by atoms with Gasteiger partial charge in [-0.05, 0) is 43.0 Å². The first-order valence-corrected chi connectivity index (χ1v) is 6.92. The third kappa shape index (κ3) is 3.57.